The summed E-state index contributed by atoms with van der Waals surface area (Å²) < 4.78 is 7.50. The van der Waals surface area contributed by atoms with Crippen LogP contribution >= 0.6 is 0 Å². The minimum absolute atomic E-state index is 0.215. The minimum Gasteiger partial charge on any atom is -0.444 e. The number of hydrogen-bond acceptors (Lipinski definition) is 4. The van der Waals surface area contributed by atoms with Crippen LogP contribution in [-0.2, 0) is 4.74 Å². The van der Waals surface area contributed by atoms with Crippen LogP contribution in [0.4, 0.5) is 10.5 Å². The van der Waals surface area contributed by atoms with Crippen LogP contribution in [0.1, 0.15) is 52.5 Å². The van der Waals surface area contributed by atoms with Gasteiger partial charge in [-0.25, -0.2) is 4.79 Å². The molecule has 1 saturated heterocycles. The van der Waals surface area contributed by atoms with Crippen molar-refractivity contribution in [2.45, 2.75) is 64.1 Å². The van der Waals surface area contributed by atoms with Crippen LogP contribution in [0.15, 0.2) is 12.4 Å². The summed E-state index contributed by atoms with van der Waals surface area (Å²) in [4.78, 5) is 14.0. The van der Waals surface area contributed by atoms with Crippen molar-refractivity contribution in [1.82, 2.24) is 14.7 Å². The number of carbonyl (C=O) groups is 1. The average molecular weight is 306 g/mol. The van der Waals surface area contributed by atoms with Gasteiger partial charge in [0.2, 0.25) is 0 Å². The predicted molar refractivity (Wildman–Crippen MR) is 84.9 cm³/mol. The number of rotatable bonds is 3. The second kappa shape index (κ2) is 5.82. The van der Waals surface area contributed by atoms with Crippen LogP contribution in [0.25, 0.3) is 0 Å². The third-order valence-corrected chi connectivity index (χ3v) is 3.97. The fourth-order valence-corrected chi connectivity index (χ4v) is 2.77. The number of hydrogen-bond donors (Lipinski definition) is 1. The van der Waals surface area contributed by atoms with Crippen molar-refractivity contribution in [3.63, 3.8) is 0 Å². The molecule has 1 atom stereocenters. The molecule has 0 radical (unpaired) electrons. The summed E-state index contributed by atoms with van der Waals surface area (Å²) in [6.07, 6.45) is 8.26. The highest BCUT2D eigenvalue weighted by Crippen LogP contribution is 2.34. The molecule has 1 N–H and O–H groups in total. The van der Waals surface area contributed by atoms with E-state index >= 15 is 0 Å². The SMILES string of the molecule is CC(C)(C)OC(=O)N1CCC[C@@H](Nc2cnn(C3CC3)c2)C1. The Morgan fingerprint density at radius 3 is 2.82 bits per heavy atom. The van der Waals surface area contributed by atoms with Crippen molar-refractivity contribution in [2.24, 2.45) is 0 Å². The molecule has 1 aliphatic carbocycles. The normalized spacial score (nSPS) is 22.5. The number of likely N-dealkylation sites (tertiary alicyclic amines) is 1. The second-order valence-electron chi connectivity index (χ2n) is 7.35. The van der Waals surface area contributed by atoms with E-state index in [0.717, 1.165) is 25.1 Å². The van der Waals surface area contributed by atoms with Crippen molar-refractivity contribution in [3.8, 4) is 0 Å². The monoisotopic (exact) mass is 306 g/mol. The van der Waals surface area contributed by atoms with E-state index in [0.29, 0.717) is 12.6 Å². The summed E-state index contributed by atoms with van der Waals surface area (Å²) in [6, 6.07) is 0.860. The fourth-order valence-electron chi connectivity index (χ4n) is 2.77. The van der Waals surface area contributed by atoms with E-state index < -0.39 is 5.60 Å². The van der Waals surface area contributed by atoms with E-state index in [4.69, 9.17) is 4.74 Å². The lowest BCUT2D eigenvalue weighted by atomic mass is 10.1. The van der Waals surface area contributed by atoms with Crippen molar-refractivity contribution in [2.75, 3.05) is 18.4 Å². The highest BCUT2D eigenvalue weighted by molar-refractivity contribution is 5.68. The van der Waals surface area contributed by atoms with Gasteiger partial charge in [0.1, 0.15) is 5.60 Å². The largest absolute Gasteiger partial charge is 0.444 e. The molecule has 2 heterocycles. The zero-order valence-electron chi connectivity index (χ0n) is 13.7. The number of ether oxygens (including phenoxy) is 1. The summed E-state index contributed by atoms with van der Waals surface area (Å²) in [6.45, 7) is 7.16. The first-order valence-corrected chi connectivity index (χ1v) is 8.19. The van der Waals surface area contributed by atoms with E-state index in [2.05, 4.69) is 16.6 Å². The van der Waals surface area contributed by atoms with E-state index in [9.17, 15) is 4.79 Å². The van der Waals surface area contributed by atoms with Gasteiger partial charge in [-0.2, -0.15) is 5.10 Å². The van der Waals surface area contributed by atoms with Gasteiger partial charge in [-0.05, 0) is 46.5 Å². The van der Waals surface area contributed by atoms with Crippen LogP contribution < -0.4 is 5.32 Å². The summed E-state index contributed by atoms with van der Waals surface area (Å²) in [7, 11) is 0. The zero-order valence-corrected chi connectivity index (χ0v) is 13.7. The Morgan fingerprint density at radius 2 is 2.14 bits per heavy atom. The quantitative estimate of drug-likeness (QED) is 0.932. The van der Waals surface area contributed by atoms with E-state index in [1.165, 1.54) is 12.8 Å². The molecule has 1 amide bonds. The molecule has 0 aromatic carbocycles. The Bertz CT molecular complexity index is 530. The highest BCUT2D eigenvalue weighted by atomic mass is 16.6. The van der Waals surface area contributed by atoms with Crippen molar-refractivity contribution in [1.29, 1.82) is 0 Å². The Balaban J connectivity index is 1.54. The van der Waals surface area contributed by atoms with Gasteiger partial charge < -0.3 is 15.0 Å². The first kappa shape index (κ1) is 15.2. The third-order valence-electron chi connectivity index (χ3n) is 3.97. The Labute approximate surface area is 131 Å². The van der Waals surface area contributed by atoms with Crippen LogP contribution in [0, 0.1) is 0 Å². The topological polar surface area (TPSA) is 59.4 Å². The summed E-state index contributed by atoms with van der Waals surface area (Å²) in [5.74, 6) is 0. The number of amides is 1. The van der Waals surface area contributed by atoms with Gasteiger partial charge in [0.25, 0.3) is 0 Å². The maximum Gasteiger partial charge on any atom is 0.410 e. The average Bonchev–Trinajstić information content (AvgIpc) is 3.18. The molecule has 3 rings (SSSR count). The third kappa shape index (κ3) is 3.93. The highest BCUT2D eigenvalue weighted by Gasteiger charge is 2.28. The number of carbonyl (C=O) groups excluding carboxylic acids is 1. The van der Waals surface area contributed by atoms with Crippen LogP contribution in [0.5, 0.6) is 0 Å². The van der Waals surface area contributed by atoms with Gasteiger partial charge in [-0.3, -0.25) is 4.68 Å². The Hall–Kier alpha value is -1.72. The molecular weight excluding hydrogens is 280 g/mol. The molecule has 0 spiro atoms. The number of piperidine rings is 1. The Morgan fingerprint density at radius 1 is 1.36 bits per heavy atom. The molecule has 1 aliphatic heterocycles. The molecule has 1 aromatic heterocycles. The fraction of sp³-hybridized carbons (Fsp3) is 0.750. The molecule has 6 nitrogen and oxygen atoms in total. The van der Waals surface area contributed by atoms with Crippen LogP contribution in [-0.4, -0.2) is 45.5 Å². The van der Waals surface area contributed by atoms with Crippen LogP contribution in [0.3, 0.4) is 0 Å². The van der Waals surface area contributed by atoms with Gasteiger partial charge in [-0.15, -0.1) is 0 Å². The molecule has 1 saturated carbocycles. The zero-order chi connectivity index (χ0) is 15.7. The van der Waals surface area contributed by atoms with Crippen molar-refractivity contribution in [3.05, 3.63) is 12.4 Å². The summed E-state index contributed by atoms with van der Waals surface area (Å²) >= 11 is 0. The smallest absolute Gasteiger partial charge is 0.410 e. The molecule has 122 valence electrons. The standard InChI is InChI=1S/C16H26N4O2/c1-16(2,3)22-15(21)19-8-4-5-12(10-19)18-13-9-17-20(11-13)14-6-7-14/h9,11-12,14,18H,4-8,10H2,1-3H3/t12-/m1/s1. The van der Waals surface area contributed by atoms with Gasteiger partial charge >= 0.3 is 6.09 Å². The number of nitrogens with one attached hydrogen (secondary N) is 1. The van der Waals surface area contributed by atoms with E-state index in [-0.39, 0.29) is 12.1 Å². The lowest BCUT2D eigenvalue weighted by Crippen LogP contribution is -2.46. The predicted octanol–water partition coefficient (Wildman–Crippen LogP) is 3.03. The van der Waals surface area contributed by atoms with Crippen LogP contribution in [0.2, 0.25) is 0 Å². The Kier molecular flexibility index (Phi) is 4.02. The lowest BCUT2D eigenvalue weighted by Gasteiger charge is -2.34. The number of anilines is 1. The molecule has 2 fully saturated rings. The molecule has 6 heteroatoms. The maximum absolute atomic E-state index is 12.2. The van der Waals surface area contributed by atoms with Gasteiger partial charge in [0.15, 0.2) is 0 Å². The van der Waals surface area contributed by atoms with E-state index in [1.807, 2.05) is 31.6 Å². The second-order valence-corrected chi connectivity index (χ2v) is 7.35. The molecule has 0 unspecified atom stereocenters. The molecule has 2 aliphatic rings. The lowest BCUT2D eigenvalue weighted by molar-refractivity contribution is 0.0206. The molecule has 0 bridgehead atoms. The molecule has 1 aromatic rings. The van der Waals surface area contributed by atoms with E-state index in [1.54, 1.807) is 4.90 Å². The van der Waals surface area contributed by atoms with Gasteiger partial charge in [-0.1, -0.05) is 0 Å². The first-order valence-electron chi connectivity index (χ1n) is 8.19. The van der Waals surface area contributed by atoms with Crippen molar-refractivity contribution < 1.29 is 9.53 Å². The van der Waals surface area contributed by atoms with Gasteiger partial charge in [0.05, 0.1) is 17.9 Å². The van der Waals surface area contributed by atoms with Crippen molar-refractivity contribution >= 4 is 11.8 Å². The first-order chi connectivity index (χ1) is 10.4. The molecular formula is C16H26N4O2. The number of nitrogens with zero attached hydrogens (tertiary/aromatic N) is 3. The maximum atomic E-state index is 12.2. The number of aromatic nitrogens is 2. The van der Waals surface area contributed by atoms with Gasteiger partial charge in [0, 0.05) is 25.3 Å². The summed E-state index contributed by atoms with van der Waals surface area (Å²) in [5, 5.41) is 7.89. The minimum atomic E-state index is -0.442. The summed E-state index contributed by atoms with van der Waals surface area (Å²) in [5.41, 5.74) is 0.603. The molecule has 22 heavy (non-hydrogen) atoms.